The molecule has 3 rings (SSSR count). The number of aryl methyl sites for hydroxylation is 2. The van der Waals surface area contributed by atoms with E-state index in [9.17, 15) is 4.79 Å². The molecule has 4 nitrogen and oxygen atoms in total. The quantitative estimate of drug-likeness (QED) is 0.558. The number of aromatic nitrogens is 1. The lowest BCUT2D eigenvalue weighted by atomic mass is 10.1. The first-order valence-corrected chi connectivity index (χ1v) is 9.86. The van der Waals surface area contributed by atoms with Crippen LogP contribution in [0.15, 0.2) is 42.6 Å². The number of carbonyl (C=O) groups is 1. The second-order valence-corrected chi connectivity index (χ2v) is 8.11. The minimum atomic E-state index is -0.250. The van der Waals surface area contributed by atoms with Crippen LogP contribution in [-0.4, -0.2) is 17.5 Å². The largest absolute Gasteiger partial charge is 0.483 e. The number of halogens is 2. The summed E-state index contributed by atoms with van der Waals surface area (Å²) in [5, 5.41) is 4.51. The molecule has 0 atom stereocenters. The second kappa shape index (κ2) is 8.74. The number of rotatable bonds is 6. The van der Waals surface area contributed by atoms with Gasteiger partial charge in [-0.3, -0.25) is 10.1 Å². The van der Waals surface area contributed by atoms with Gasteiger partial charge in [-0.15, -0.1) is 11.3 Å². The standard InChI is InChI=1S/C20H18Cl2N2O2S/c1-12-3-6-18(13(2)7-12)26-11-19(25)24-20-23-10-16(27-20)8-14-4-5-15(21)9-17(14)22/h3-7,9-10H,8,11H2,1-2H3,(H,23,24,25). The number of benzene rings is 2. The molecule has 27 heavy (non-hydrogen) atoms. The Bertz CT molecular complexity index is 972. The maximum absolute atomic E-state index is 12.1. The number of hydrogen-bond donors (Lipinski definition) is 1. The first-order chi connectivity index (χ1) is 12.9. The first kappa shape index (κ1) is 19.7. The Kier molecular flexibility index (Phi) is 6.37. The molecule has 7 heteroatoms. The molecule has 1 amide bonds. The zero-order valence-corrected chi connectivity index (χ0v) is 17.2. The van der Waals surface area contributed by atoms with Gasteiger partial charge in [0.25, 0.3) is 5.91 Å². The van der Waals surface area contributed by atoms with Gasteiger partial charge in [0, 0.05) is 27.5 Å². The van der Waals surface area contributed by atoms with E-state index in [0.717, 1.165) is 21.6 Å². The number of carbonyl (C=O) groups excluding carboxylic acids is 1. The summed E-state index contributed by atoms with van der Waals surface area (Å²) in [6.07, 6.45) is 2.36. The highest BCUT2D eigenvalue weighted by atomic mass is 35.5. The molecular formula is C20H18Cl2N2O2S. The van der Waals surface area contributed by atoms with Gasteiger partial charge in [0.2, 0.25) is 0 Å². The Morgan fingerprint density at radius 2 is 2.00 bits per heavy atom. The monoisotopic (exact) mass is 420 g/mol. The summed E-state index contributed by atoms with van der Waals surface area (Å²) in [5.74, 6) is 0.452. The van der Waals surface area contributed by atoms with Crippen LogP contribution in [0.5, 0.6) is 5.75 Å². The van der Waals surface area contributed by atoms with Gasteiger partial charge in [0.05, 0.1) is 0 Å². The van der Waals surface area contributed by atoms with E-state index >= 15 is 0 Å². The van der Waals surface area contributed by atoms with E-state index in [1.807, 2.05) is 38.1 Å². The highest BCUT2D eigenvalue weighted by Crippen LogP contribution is 2.27. The fourth-order valence-corrected chi connectivity index (χ4v) is 3.89. The van der Waals surface area contributed by atoms with Crippen molar-refractivity contribution in [1.29, 1.82) is 0 Å². The minimum absolute atomic E-state index is 0.0676. The van der Waals surface area contributed by atoms with E-state index in [1.165, 1.54) is 11.3 Å². The zero-order valence-electron chi connectivity index (χ0n) is 14.9. The van der Waals surface area contributed by atoms with Crippen LogP contribution < -0.4 is 10.1 Å². The lowest BCUT2D eigenvalue weighted by Crippen LogP contribution is -2.20. The molecule has 0 unspecified atom stereocenters. The Morgan fingerprint density at radius 1 is 1.19 bits per heavy atom. The van der Waals surface area contributed by atoms with Crippen molar-refractivity contribution < 1.29 is 9.53 Å². The zero-order chi connectivity index (χ0) is 19.4. The fraction of sp³-hybridized carbons (Fsp3) is 0.200. The number of nitrogens with one attached hydrogen (secondary N) is 1. The molecule has 3 aromatic rings. The van der Waals surface area contributed by atoms with Gasteiger partial charge < -0.3 is 4.74 Å². The lowest BCUT2D eigenvalue weighted by molar-refractivity contribution is -0.118. The minimum Gasteiger partial charge on any atom is -0.483 e. The van der Waals surface area contributed by atoms with Gasteiger partial charge in [-0.25, -0.2) is 4.98 Å². The maximum atomic E-state index is 12.1. The predicted octanol–water partition coefficient (Wildman–Crippen LogP) is 5.68. The molecule has 140 valence electrons. The number of ether oxygens (including phenoxy) is 1. The molecule has 1 heterocycles. The van der Waals surface area contributed by atoms with Crippen molar-refractivity contribution in [3.63, 3.8) is 0 Å². The summed E-state index contributed by atoms with van der Waals surface area (Å²) in [6, 6.07) is 11.2. The molecule has 2 aromatic carbocycles. The smallest absolute Gasteiger partial charge is 0.264 e. The molecule has 0 spiro atoms. The Morgan fingerprint density at radius 3 is 2.74 bits per heavy atom. The van der Waals surface area contributed by atoms with Crippen LogP contribution in [0.4, 0.5) is 5.13 Å². The number of nitrogens with zero attached hydrogens (tertiary/aromatic N) is 1. The van der Waals surface area contributed by atoms with E-state index in [2.05, 4.69) is 10.3 Å². The number of thiazole rings is 1. The predicted molar refractivity (Wildman–Crippen MR) is 111 cm³/mol. The third-order valence-electron chi connectivity index (χ3n) is 3.87. The van der Waals surface area contributed by atoms with Crippen LogP contribution in [0.25, 0.3) is 0 Å². The van der Waals surface area contributed by atoms with Crippen LogP contribution in [0.2, 0.25) is 10.0 Å². The van der Waals surface area contributed by atoms with Crippen molar-refractivity contribution in [2.45, 2.75) is 20.3 Å². The van der Waals surface area contributed by atoms with Crippen LogP contribution in [0.1, 0.15) is 21.6 Å². The Hall–Kier alpha value is -2.08. The van der Waals surface area contributed by atoms with Gasteiger partial charge in [0.1, 0.15) is 5.75 Å². The summed E-state index contributed by atoms with van der Waals surface area (Å²) in [7, 11) is 0. The van der Waals surface area contributed by atoms with E-state index in [1.54, 1.807) is 18.3 Å². The molecule has 0 aliphatic rings. The molecule has 0 saturated carbocycles. The van der Waals surface area contributed by atoms with Crippen molar-refractivity contribution >= 4 is 45.6 Å². The molecule has 1 aromatic heterocycles. The van der Waals surface area contributed by atoms with Crippen molar-refractivity contribution in [3.05, 3.63) is 74.2 Å². The summed E-state index contributed by atoms with van der Waals surface area (Å²) in [5.41, 5.74) is 3.11. The highest BCUT2D eigenvalue weighted by molar-refractivity contribution is 7.15. The number of anilines is 1. The van der Waals surface area contributed by atoms with Crippen LogP contribution in [-0.2, 0) is 11.2 Å². The van der Waals surface area contributed by atoms with Gasteiger partial charge in [-0.05, 0) is 43.2 Å². The summed E-state index contributed by atoms with van der Waals surface area (Å²) >= 11 is 13.5. The molecule has 0 radical (unpaired) electrons. The maximum Gasteiger partial charge on any atom is 0.264 e. The second-order valence-electron chi connectivity index (χ2n) is 6.15. The Labute approximate surface area is 172 Å². The first-order valence-electron chi connectivity index (χ1n) is 8.29. The van der Waals surface area contributed by atoms with Crippen molar-refractivity contribution in [1.82, 2.24) is 4.98 Å². The molecular weight excluding hydrogens is 403 g/mol. The summed E-state index contributed by atoms with van der Waals surface area (Å²) in [4.78, 5) is 17.4. The van der Waals surface area contributed by atoms with Crippen molar-refractivity contribution in [2.24, 2.45) is 0 Å². The molecule has 1 N–H and O–H groups in total. The normalized spacial score (nSPS) is 10.7. The van der Waals surface area contributed by atoms with E-state index in [4.69, 9.17) is 27.9 Å². The molecule has 0 fully saturated rings. The van der Waals surface area contributed by atoms with E-state index in [-0.39, 0.29) is 12.5 Å². The summed E-state index contributed by atoms with van der Waals surface area (Å²) in [6.45, 7) is 3.90. The van der Waals surface area contributed by atoms with E-state index in [0.29, 0.717) is 27.3 Å². The number of amides is 1. The molecule has 0 aliphatic carbocycles. The molecule has 0 bridgehead atoms. The Balaban J connectivity index is 1.56. The third-order valence-corrected chi connectivity index (χ3v) is 5.37. The fourth-order valence-electron chi connectivity index (χ4n) is 2.56. The lowest BCUT2D eigenvalue weighted by Gasteiger charge is -2.09. The van der Waals surface area contributed by atoms with Gasteiger partial charge in [-0.1, -0.05) is 47.0 Å². The summed E-state index contributed by atoms with van der Waals surface area (Å²) < 4.78 is 5.59. The van der Waals surface area contributed by atoms with Crippen LogP contribution >= 0.6 is 34.5 Å². The SMILES string of the molecule is Cc1ccc(OCC(=O)Nc2ncc(Cc3ccc(Cl)cc3Cl)s2)c(C)c1. The van der Waals surface area contributed by atoms with Crippen molar-refractivity contribution in [3.8, 4) is 5.75 Å². The van der Waals surface area contributed by atoms with Crippen molar-refractivity contribution in [2.75, 3.05) is 11.9 Å². The molecule has 0 saturated heterocycles. The third kappa shape index (κ3) is 5.45. The highest BCUT2D eigenvalue weighted by Gasteiger charge is 2.10. The average molecular weight is 421 g/mol. The topological polar surface area (TPSA) is 51.2 Å². The molecule has 0 aliphatic heterocycles. The average Bonchev–Trinajstić information content (AvgIpc) is 3.03. The van der Waals surface area contributed by atoms with Gasteiger partial charge in [-0.2, -0.15) is 0 Å². The van der Waals surface area contributed by atoms with Gasteiger partial charge in [0.15, 0.2) is 11.7 Å². The van der Waals surface area contributed by atoms with Crippen LogP contribution in [0, 0.1) is 13.8 Å². The van der Waals surface area contributed by atoms with E-state index < -0.39 is 0 Å². The number of hydrogen-bond acceptors (Lipinski definition) is 4. The van der Waals surface area contributed by atoms with Gasteiger partial charge >= 0.3 is 0 Å². The van der Waals surface area contributed by atoms with Crippen LogP contribution in [0.3, 0.4) is 0 Å².